The van der Waals surface area contributed by atoms with Crippen molar-refractivity contribution in [1.29, 1.82) is 0 Å². The Morgan fingerprint density at radius 3 is 2.00 bits per heavy atom. The van der Waals surface area contributed by atoms with Gasteiger partial charge in [-0.25, -0.2) is 0 Å². The molecule has 1 aliphatic rings. The number of nitrogens with zero attached hydrogens (tertiary/aromatic N) is 1. The van der Waals surface area contributed by atoms with Gasteiger partial charge in [-0.2, -0.15) is 13.2 Å². The molecule has 1 fully saturated rings. The largest absolute Gasteiger partial charge is 0.471 e. The Kier molecular flexibility index (Phi) is 5.52. The molecule has 0 spiro atoms. The molecule has 0 aromatic rings. The summed E-state index contributed by atoms with van der Waals surface area (Å²) in [5.74, 6) is -1.73. The number of hydrogen-bond acceptors (Lipinski definition) is 2. The molecule has 1 aliphatic heterocycles. The molecular weight excluding hydrogens is 197 g/mol. The predicted molar refractivity (Wildman–Crippen MR) is 46.9 cm³/mol. The van der Waals surface area contributed by atoms with Crippen molar-refractivity contribution in [2.75, 3.05) is 26.2 Å². The minimum atomic E-state index is -4.72. The number of piperazine rings is 1. The van der Waals surface area contributed by atoms with Gasteiger partial charge in [0.25, 0.3) is 0 Å². The number of amides is 1. The van der Waals surface area contributed by atoms with E-state index in [1.54, 1.807) is 0 Å². The number of alkyl halides is 3. The molecule has 0 radical (unpaired) electrons. The molecule has 1 N–H and O–H groups in total. The van der Waals surface area contributed by atoms with E-state index in [0.29, 0.717) is 13.1 Å². The van der Waals surface area contributed by atoms with E-state index in [-0.39, 0.29) is 13.1 Å². The van der Waals surface area contributed by atoms with Gasteiger partial charge in [-0.1, -0.05) is 13.8 Å². The first-order chi connectivity index (χ1) is 6.52. The van der Waals surface area contributed by atoms with Crippen molar-refractivity contribution in [3.8, 4) is 0 Å². The Labute approximate surface area is 81.3 Å². The average Bonchev–Trinajstić information content (AvgIpc) is 2.20. The van der Waals surface area contributed by atoms with Crippen LogP contribution in [0.5, 0.6) is 0 Å². The van der Waals surface area contributed by atoms with Crippen LogP contribution >= 0.6 is 0 Å². The SMILES string of the molecule is CC.O=C(N1CCNCC1)C(F)(F)F. The van der Waals surface area contributed by atoms with Gasteiger partial charge in [0.15, 0.2) is 0 Å². The fourth-order valence-corrected chi connectivity index (χ4v) is 1.05. The molecule has 0 aliphatic carbocycles. The molecule has 3 nitrogen and oxygen atoms in total. The Bertz CT molecular complexity index is 176. The summed E-state index contributed by atoms with van der Waals surface area (Å²) in [5, 5.41) is 2.86. The van der Waals surface area contributed by atoms with Gasteiger partial charge in [0, 0.05) is 26.2 Å². The standard InChI is InChI=1S/C6H9F3N2O.C2H6/c7-6(8,9)5(12)11-3-1-10-2-4-11;1-2/h10H,1-4H2;1-2H3. The van der Waals surface area contributed by atoms with E-state index >= 15 is 0 Å². The molecule has 0 atom stereocenters. The Balaban J connectivity index is 0.000000791. The zero-order valence-corrected chi connectivity index (χ0v) is 8.32. The molecule has 1 amide bonds. The lowest BCUT2D eigenvalue weighted by Gasteiger charge is -2.27. The fraction of sp³-hybridized carbons (Fsp3) is 0.875. The smallest absolute Gasteiger partial charge is 0.332 e. The summed E-state index contributed by atoms with van der Waals surface area (Å²) < 4.78 is 35.5. The van der Waals surface area contributed by atoms with Crippen molar-refractivity contribution in [1.82, 2.24) is 10.2 Å². The normalized spacial score (nSPS) is 17.1. The number of carbonyl (C=O) groups is 1. The molecule has 84 valence electrons. The van der Waals surface area contributed by atoms with Gasteiger partial charge in [-0.3, -0.25) is 4.79 Å². The van der Waals surface area contributed by atoms with Crippen LogP contribution in [-0.4, -0.2) is 43.2 Å². The van der Waals surface area contributed by atoms with Gasteiger partial charge in [0.1, 0.15) is 0 Å². The summed E-state index contributed by atoms with van der Waals surface area (Å²) in [7, 11) is 0. The molecule has 0 aromatic heterocycles. The van der Waals surface area contributed by atoms with Crippen LogP contribution in [0.3, 0.4) is 0 Å². The first kappa shape index (κ1) is 13.2. The van der Waals surface area contributed by atoms with Gasteiger partial charge >= 0.3 is 12.1 Å². The summed E-state index contributed by atoms with van der Waals surface area (Å²) in [6.45, 7) is 5.14. The van der Waals surface area contributed by atoms with Gasteiger partial charge in [-0.15, -0.1) is 0 Å². The molecule has 0 saturated carbocycles. The highest BCUT2D eigenvalue weighted by Crippen LogP contribution is 2.18. The van der Waals surface area contributed by atoms with Gasteiger partial charge in [0.2, 0.25) is 0 Å². The third-order valence-corrected chi connectivity index (χ3v) is 1.65. The van der Waals surface area contributed by atoms with Crippen LogP contribution in [0.1, 0.15) is 13.8 Å². The number of nitrogens with one attached hydrogen (secondary N) is 1. The first-order valence-corrected chi connectivity index (χ1v) is 4.58. The molecule has 1 saturated heterocycles. The number of rotatable bonds is 0. The van der Waals surface area contributed by atoms with E-state index < -0.39 is 12.1 Å². The Morgan fingerprint density at radius 1 is 1.21 bits per heavy atom. The van der Waals surface area contributed by atoms with Crippen molar-refractivity contribution in [3.63, 3.8) is 0 Å². The highest BCUT2D eigenvalue weighted by Gasteiger charge is 2.42. The second kappa shape index (κ2) is 5.85. The quantitative estimate of drug-likeness (QED) is 0.650. The predicted octanol–water partition coefficient (Wildman–Crippen LogP) is 1.01. The van der Waals surface area contributed by atoms with Crippen LogP contribution in [0.4, 0.5) is 13.2 Å². The maximum atomic E-state index is 11.8. The summed E-state index contributed by atoms with van der Waals surface area (Å²) in [6.07, 6.45) is -4.72. The van der Waals surface area contributed by atoms with E-state index in [9.17, 15) is 18.0 Å². The molecule has 1 heterocycles. The third kappa shape index (κ3) is 3.95. The molecule has 1 rings (SSSR count). The third-order valence-electron chi connectivity index (χ3n) is 1.65. The number of carbonyl (C=O) groups excluding carboxylic acids is 1. The first-order valence-electron chi connectivity index (χ1n) is 4.58. The molecule has 0 bridgehead atoms. The van der Waals surface area contributed by atoms with Crippen LogP contribution in [0.2, 0.25) is 0 Å². The van der Waals surface area contributed by atoms with Crippen LogP contribution in [-0.2, 0) is 4.79 Å². The monoisotopic (exact) mass is 212 g/mol. The number of hydrogen-bond donors (Lipinski definition) is 1. The summed E-state index contributed by atoms with van der Waals surface area (Å²) in [5.41, 5.74) is 0. The van der Waals surface area contributed by atoms with Crippen LogP contribution in [0, 0.1) is 0 Å². The Morgan fingerprint density at radius 2 is 1.64 bits per heavy atom. The zero-order chi connectivity index (χ0) is 11.2. The van der Waals surface area contributed by atoms with Crippen molar-refractivity contribution in [2.45, 2.75) is 20.0 Å². The highest BCUT2D eigenvalue weighted by molar-refractivity contribution is 5.81. The second-order valence-electron chi connectivity index (χ2n) is 2.54. The average molecular weight is 212 g/mol. The van der Waals surface area contributed by atoms with Gasteiger partial charge < -0.3 is 10.2 Å². The number of halogens is 3. The van der Waals surface area contributed by atoms with Crippen LogP contribution < -0.4 is 5.32 Å². The molecular formula is C8H15F3N2O. The van der Waals surface area contributed by atoms with E-state index in [1.165, 1.54) is 0 Å². The lowest BCUT2D eigenvalue weighted by atomic mass is 10.3. The van der Waals surface area contributed by atoms with Gasteiger partial charge in [0.05, 0.1) is 0 Å². The van der Waals surface area contributed by atoms with E-state index in [0.717, 1.165) is 4.90 Å². The molecule has 0 aromatic carbocycles. The van der Waals surface area contributed by atoms with Crippen molar-refractivity contribution >= 4 is 5.91 Å². The van der Waals surface area contributed by atoms with Crippen molar-refractivity contribution in [2.24, 2.45) is 0 Å². The maximum absolute atomic E-state index is 11.8. The minimum Gasteiger partial charge on any atom is -0.332 e. The minimum absolute atomic E-state index is 0.137. The molecule has 6 heteroatoms. The summed E-state index contributed by atoms with van der Waals surface area (Å²) in [6, 6.07) is 0. The van der Waals surface area contributed by atoms with Gasteiger partial charge in [-0.05, 0) is 0 Å². The lowest BCUT2D eigenvalue weighted by molar-refractivity contribution is -0.185. The lowest BCUT2D eigenvalue weighted by Crippen LogP contribution is -2.50. The summed E-state index contributed by atoms with van der Waals surface area (Å²) in [4.78, 5) is 11.4. The van der Waals surface area contributed by atoms with E-state index in [4.69, 9.17) is 0 Å². The maximum Gasteiger partial charge on any atom is 0.471 e. The van der Waals surface area contributed by atoms with E-state index in [2.05, 4.69) is 5.32 Å². The highest BCUT2D eigenvalue weighted by atomic mass is 19.4. The van der Waals surface area contributed by atoms with E-state index in [1.807, 2.05) is 13.8 Å². The van der Waals surface area contributed by atoms with Crippen LogP contribution in [0.15, 0.2) is 0 Å². The van der Waals surface area contributed by atoms with Crippen LogP contribution in [0.25, 0.3) is 0 Å². The topological polar surface area (TPSA) is 32.3 Å². The zero-order valence-electron chi connectivity index (χ0n) is 8.32. The van der Waals surface area contributed by atoms with Crippen molar-refractivity contribution < 1.29 is 18.0 Å². The summed E-state index contributed by atoms with van der Waals surface area (Å²) >= 11 is 0. The molecule has 0 unspecified atom stereocenters. The fourth-order valence-electron chi connectivity index (χ4n) is 1.05. The van der Waals surface area contributed by atoms with Crippen molar-refractivity contribution in [3.05, 3.63) is 0 Å². The Hall–Kier alpha value is -0.780. The molecule has 14 heavy (non-hydrogen) atoms. The second-order valence-corrected chi connectivity index (χ2v) is 2.54.